The van der Waals surface area contributed by atoms with E-state index in [0.29, 0.717) is 11.6 Å². The summed E-state index contributed by atoms with van der Waals surface area (Å²) in [5, 5.41) is 0. The van der Waals surface area contributed by atoms with Crippen LogP contribution in [0.2, 0.25) is 0 Å². The Kier molecular flexibility index (Phi) is 2.71. The lowest BCUT2D eigenvalue weighted by Gasteiger charge is -2.02. The molecule has 2 nitrogen and oxygen atoms in total. The quantitative estimate of drug-likeness (QED) is 0.687. The van der Waals surface area contributed by atoms with Gasteiger partial charge in [0.15, 0.2) is 0 Å². The van der Waals surface area contributed by atoms with Crippen molar-refractivity contribution in [2.75, 3.05) is 11.6 Å². The maximum Gasteiger partial charge on any atom is 0.0503 e. The molecular formula is C8H11ClN2. The van der Waals surface area contributed by atoms with E-state index < -0.39 is 0 Å². The number of halogens is 1. The minimum Gasteiger partial charge on any atom is -0.397 e. The minimum atomic E-state index is 0.617. The van der Waals surface area contributed by atoms with Gasteiger partial charge >= 0.3 is 0 Å². The predicted octanol–water partition coefficient (Wildman–Crippen LogP) is 1.75. The number of pyridine rings is 1. The van der Waals surface area contributed by atoms with E-state index in [1.165, 1.54) is 0 Å². The third-order valence-corrected chi connectivity index (χ3v) is 1.77. The topological polar surface area (TPSA) is 38.9 Å². The van der Waals surface area contributed by atoms with Crippen molar-refractivity contribution in [3.8, 4) is 0 Å². The minimum absolute atomic E-state index is 0.617. The van der Waals surface area contributed by atoms with Crippen LogP contribution in [-0.4, -0.2) is 10.9 Å². The summed E-state index contributed by atoms with van der Waals surface area (Å²) >= 11 is 5.59. The molecule has 0 amide bonds. The van der Waals surface area contributed by atoms with Crippen molar-refractivity contribution in [3.63, 3.8) is 0 Å². The first-order chi connectivity index (χ1) is 5.24. The van der Waals surface area contributed by atoms with Crippen molar-refractivity contribution in [1.82, 2.24) is 4.98 Å². The van der Waals surface area contributed by atoms with Gasteiger partial charge in [0.1, 0.15) is 0 Å². The number of hydrogen-bond donors (Lipinski definition) is 1. The molecule has 0 aliphatic carbocycles. The molecule has 0 aliphatic heterocycles. The van der Waals surface area contributed by atoms with Crippen LogP contribution in [-0.2, 0) is 6.42 Å². The van der Waals surface area contributed by atoms with Crippen LogP contribution in [0.1, 0.15) is 11.3 Å². The van der Waals surface area contributed by atoms with Gasteiger partial charge in [-0.3, -0.25) is 4.98 Å². The molecule has 0 saturated carbocycles. The summed E-state index contributed by atoms with van der Waals surface area (Å²) in [6.07, 6.45) is 2.50. The zero-order chi connectivity index (χ0) is 8.27. The lowest BCUT2D eigenvalue weighted by molar-refractivity contribution is 1.06. The van der Waals surface area contributed by atoms with Gasteiger partial charge < -0.3 is 5.73 Å². The smallest absolute Gasteiger partial charge is 0.0503 e. The molecule has 0 fully saturated rings. The van der Waals surface area contributed by atoms with Crippen molar-refractivity contribution < 1.29 is 0 Å². The average molecular weight is 171 g/mol. The molecule has 0 atom stereocenters. The number of rotatable bonds is 2. The summed E-state index contributed by atoms with van der Waals surface area (Å²) in [4.78, 5) is 4.11. The van der Waals surface area contributed by atoms with E-state index in [0.717, 1.165) is 17.7 Å². The Bertz CT molecular complexity index is 248. The first kappa shape index (κ1) is 8.34. The van der Waals surface area contributed by atoms with Crippen molar-refractivity contribution in [3.05, 3.63) is 23.5 Å². The van der Waals surface area contributed by atoms with Gasteiger partial charge in [-0.05, 0) is 25.0 Å². The predicted molar refractivity (Wildman–Crippen MR) is 47.8 cm³/mol. The van der Waals surface area contributed by atoms with E-state index in [-0.39, 0.29) is 0 Å². The lowest BCUT2D eigenvalue weighted by Crippen LogP contribution is -1.96. The van der Waals surface area contributed by atoms with Crippen LogP contribution >= 0.6 is 11.6 Å². The van der Waals surface area contributed by atoms with E-state index in [1.807, 2.05) is 13.0 Å². The van der Waals surface area contributed by atoms with Crippen LogP contribution in [0.3, 0.4) is 0 Å². The molecule has 0 bridgehead atoms. The van der Waals surface area contributed by atoms with E-state index in [9.17, 15) is 0 Å². The lowest BCUT2D eigenvalue weighted by atomic mass is 10.1. The Labute approximate surface area is 71.4 Å². The fraction of sp³-hybridized carbons (Fsp3) is 0.375. The van der Waals surface area contributed by atoms with Crippen LogP contribution in [0.5, 0.6) is 0 Å². The fourth-order valence-corrected chi connectivity index (χ4v) is 1.16. The Morgan fingerprint density at radius 1 is 1.64 bits per heavy atom. The first-order valence-corrected chi connectivity index (χ1v) is 4.04. The maximum absolute atomic E-state index is 5.59. The highest BCUT2D eigenvalue weighted by molar-refractivity contribution is 6.18. The van der Waals surface area contributed by atoms with Crippen molar-refractivity contribution in [1.29, 1.82) is 0 Å². The molecule has 0 saturated heterocycles. The van der Waals surface area contributed by atoms with E-state index in [4.69, 9.17) is 17.3 Å². The molecule has 1 aromatic heterocycles. The van der Waals surface area contributed by atoms with Crippen LogP contribution in [0.15, 0.2) is 12.3 Å². The number of nitrogen functional groups attached to an aromatic ring is 1. The van der Waals surface area contributed by atoms with E-state index in [2.05, 4.69) is 4.98 Å². The van der Waals surface area contributed by atoms with Gasteiger partial charge in [-0.15, -0.1) is 11.6 Å². The van der Waals surface area contributed by atoms with Gasteiger partial charge in [0.2, 0.25) is 0 Å². The molecule has 1 rings (SSSR count). The second-order valence-electron chi connectivity index (χ2n) is 2.45. The van der Waals surface area contributed by atoms with Crippen molar-refractivity contribution in [2.45, 2.75) is 13.3 Å². The largest absolute Gasteiger partial charge is 0.397 e. The van der Waals surface area contributed by atoms with Gasteiger partial charge in [0, 0.05) is 11.6 Å². The summed E-state index contributed by atoms with van der Waals surface area (Å²) in [7, 11) is 0. The first-order valence-electron chi connectivity index (χ1n) is 3.51. The molecule has 0 aromatic carbocycles. The molecular weight excluding hydrogens is 160 g/mol. The zero-order valence-corrected chi connectivity index (χ0v) is 7.23. The SMILES string of the molecule is Cc1ncc(N)cc1CCCl. The number of nitrogens with zero attached hydrogens (tertiary/aromatic N) is 1. The van der Waals surface area contributed by atoms with Gasteiger partial charge in [0.05, 0.1) is 11.9 Å². The molecule has 1 heterocycles. The molecule has 3 heteroatoms. The number of nitrogens with two attached hydrogens (primary N) is 1. The molecule has 0 aliphatic rings. The van der Waals surface area contributed by atoms with Crippen LogP contribution in [0.4, 0.5) is 5.69 Å². The summed E-state index contributed by atoms with van der Waals surface area (Å²) in [6.45, 7) is 1.96. The second kappa shape index (κ2) is 3.58. The van der Waals surface area contributed by atoms with Gasteiger partial charge in [0.25, 0.3) is 0 Å². The highest BCUT2D eigenvalue weighted by atomic mass is 35.5. The Balaban J connectivity index is 2.93. The number of aryl methyl sites for hydroxylation is 2. The summed E-state index contributed by atoms with van der Waals surface area (Å²) in [5.74, 6) is 0.617. The third kappa shape index (κ3) is 2.09. The molecule has 2 N–H and O–H groups in total. The van der Waals surface area contributed by atoms with E-state index in [1.54, 1.807) is 6.20 Å². The second-order valence-corrected chi connectivity index (χ2v) is 2.83. The molecule has 0 radical (unpaired) electrons. The Morgan fingerprint density at radius 2 is 2.36 bits per heavy atom. The Hall–Kier alpha value is -0.760. The standard InChI is InChI=1S/C8H11ClN2/c1-6-7(2-3-9)4-8(10)5-11-6/h4-5H,2-3,10H2,1H3. The zero-order valence-electron chi connectivity index (χ0n) is 6.47. The Morgan fingerprint density at radius 3 is 3.00 bits per heavy atom. The van der Waals surface area contributed by atoms with Gasteiger partial charge in [-0.2, -0.15) is 0 Å². The fourth-order valence-electron chi connectivity index (χ4n) is 0.952. The molecule has 0 spiro atoms. The summed E-state index contributed by atoms with van der Waals surface area (Å²) in [5.41, 5.74) is 8.41. The third-order valence-electron chi connectivity index (χ3n) is 1.58. The molecule has 11 heavy (non-hydrogen) atoms. The summed E-state index contributed by atoms with van der Waals surface area (Å²) < 4.78 is 0. The van der Waals surface area contributed by atoms with Crippen LogP contribution in [0.25, 0.3) is 0 Å². The highest BCUT2D eigenvalue weighted by Crippen LogP contribution is 2.10. The van der Waals surface area contributed by atoms with E-state index >= 15 is 0 Å². The van der Waals surface area contributed by atoms with Crippen LogP contribution in [0, 0.1) is 6.92 Å². The maximum atomic E-state index is 5.59. The monoisotopic (exact) mass is 170 g/mol. The van der Waals surface area contributed by atoms with Gasteiger partial charge in [-0.1, -0.05) is 0 Å². The highest BCUT2D eigenvalue weighted by Gasteiger charge is 1.98. The van der Waals surface area contributed by atoms with Gasteiger partial charge in [-0.25, -0.2) is 0 Å². The number of aromatic nitrogens is 1. The van der Waals surface area contributed by atoms with Crippen molar-refractivity contribution >= 4 is 17.3 Å². The molecule has 1 aromatic rings. The van der Waals surface area contributed by atoms with Crippen LogP contribution < -0.4 is 5.73 Å². The molecule has 60 valence electrons. The normalized spacial score (nSPS) is 10.0. The average Bonchev–Trinajstić information content (AvgIpc) is 1.98. The number of anilines is 1. The number of hydrogen-bond acceptors (Lipinski definition) is 2. The van der Waals surface area contributed by atoms with Crippen molar-refractivity contribution in [2.24, 2.45) is 0 Å². The molecule has 0 unspecified atom stereocenters. The number of alkyl halides is 1. The summed E-state index contributed by atoms with van der Waals surface area (Å²) in [6, 6.07) is 1.92.